The van der Waals surface area contributed by atoms with Crippen molar-refractivity contribution in [1.82, 2.24) is 15.3 Å². The lowest BCUT2D eigenvalue weighted by Gasteiger charge is -2.14. The SMILES string of the molecule is COCNC(=O)c1cnc(Nc2ccc(Cl)cc2Cl)nc1C(F)(F)F. The van der Waals surface area contributed by atoms with Gasteiger partial charge in [0.15, 0.2) is 5.69 Å². The Morgan fingerprint density at radius 2 is 2.04 bits per heavy atom. The Bertz CT molecular complexity index is 787. The number of nitrogens with zero attached hydrogens (tertiary/aromatic N) is 2. The van der Waals surface area contributed by atoms with Crippen LogP contribution in [0.3, 0.4) is 0 Å². The highest BCUT2D eigenvalue weighted by atomic mass is 35.5. The second-order valence-corrected chi connectivity index (χ2v) is 5.49. The molecule has 2 rings (SSSR count). The van der Waals surface area contributed by atoms with Gasteiger partial charge in [0.2, 0.25) is 5.95 Å². The molecular formula is C14H11Cl2F3N4O2. The van der Waals surface area contributed by atoms with Gasteiger partial charge in [-0.3, -0.25) is 4.79 Å². The maximum absolute atomic E-state index is 13.2. The van der Waals surface area contributed by atoms with E-state index in [1.54, 1.807) is 0 Å². The zero-order valence-corrected chi connectivity index (χ0v) is 14.1. The molecule has 0 atom stereocenters. The van der Waals surface area contributed by atoms with Crippen LogP contribution in [0.25, 0.3) is 0 Å². The largest absolute Gasteiger partial charge is 0.434 e. The minimum absolute atomic E-state index is 0.173. The van der Waals surface area contributed by atoms with Crippen LogP contribution in [0, 0.1) is 0 Å². The zero-order chi connectivity index (χ0) is 18.6. The van der Waals surface area contributed by atoms with Gasteiger partial charge in [-0.25, -0.2) is 9.97 Å². The monoisotopic (exact) mass is 394 g/mol. The van der Waals surface area contributed by atoms with E-state index in [-0.39, 0.29) is 23.4 Å². The highest BCUT2D eigenvalue weighted by Crippen LogP contribution is 2.32. The number of benzene rings is 1. The predicted octanol–water partition coefficient (Wildman–Crippen LogP) is 3.88. The molecule has 11 heteroatoms. The number of halogens is 5. The van der Waals surface area contributed by atoms with Crippen LogP contribution < -0.4 is 10.6 Å². The Balaban J connectivity index is 2.37. The average molecular weight is 395 g/mol. The van der Waals surface area contributed by atoms with Crippen molar-refractivity contribution < 1.29 is 22.7 Å². The van der Waals surface area contributed by atoms with Crippen molar-refractivity contribution in [2.75, 3.05) is 19.2 Å². The molecule has 0 aliphatic rings. The molecule has 2 N–H and O–H groups in total. The van der Waals surface area contributed by atoms with Crippen LogP contribution >= 0.6 is 23.2 Å². The molecule has 0 saturated heterocycles. The second-order valence-electron chi connectivity index (χ2n) is 4.64. The van der Waals surface area contributed by atoms with Gasteiger partial charge < -0.3 is 15.4 Å². The number of carbonyl (C=O) groups is 1. The summed E-state index contributed by atoms with van der Waals surface area (Å²) in [6.45, 7) is -0.253. The molecular weight excluding hydrogens is 384 g/mol. The number of methoxy groups -OCH3 is 1. The maximum Gasteiger partial charge on any atom is 0.434 e. The van der Waals surface area contributed by atoms with E-state index in [9.17, 15) is 18.0 Å². The molecule has 0 aliphatic carbocycles. The highest BCUT2D eigenvalue weighted by molar-refractivity contribution is 6.36. The van der Waals surface area contributed by atoms with Crippen LogP contribution in [-0.2, 0) is 10.9 Å². The molecule has 1 amide bonds. The van der Waals surface area contributed by atoms with Crippen molar-refractivity contribution in [3.05, 3.63) is 45.7 Å². The zero-order valence-electron chi connectivity index (χ0n) is 12.6. The van der Waals surface area contributed by atoms with Crippen LogP contribution in [0.5, 0.6) is 0 Å². The van der Waals surface area contributed by atoms with Crippen LogP contribution in [0.4, 0.5) is 24.8 Å². The van der Waals surface area contributed by atoms with E-state index in [1.807, 2.05) is 0 Å². The molecule has 0 fully saturated rings. The summed E-state index contributed by atoms with van der Waals surface area (Å²) in [5, 5.41) is 5.23. The first kappa shape index (κ1) is 19.2. The van der Waals surface area contributed by atoms with Gasteiger partial charge in [0.05, 0.1) is 16.3 Å². The Morgan fingerprint density at radius 3 is 2.64 bits per heavy atom. The number of hydrogen-bond donors (Lipinski definition) is 2. The Kier molecular flexibility index (Phi) is 6.04. The smallest absolute Gasteiger partial charge is 0.364 e. The Hall–Kier alpha value is -2.10. The molecule has 0 spiro atoms. The quantitative estimate of drug-likeness (QED) is 0.752. The number of ether oxygens (including phenoxy) is 1. The number of rotatable bonds is 5. The van der Waals surface area contributed by atoms with Crippen LogP contribution in [0.1, 0.15) is 16.1 Å². The molecule has 0 bridgehead atoms. The van der Waals surface area contributed by atoms with Crippen LogP contribution in [0.2, 0.25) is 10.0 Å². The molecule has 1 aromatic heterocycles. The lowest BCUT2D eigenvalue weighted by Crippen LogP contribution is -2.29. The fraction of sp³-hybridized carbons (Fsp3) is 0.214. The van der Waals surface area contributed by atoms with Crippen molar-refractivity contribution in [2.45, 2.75) is 6.18 Å². The van der Waals surface area contributed by atoms with Gasteiger partial charge in [-0.1, -0.05) is 23.2 Å². The summed E-state index contributed by atoms with van der Waals surface area (Å²) in [7, 11) is 1.28. The first-order valence-electron chi connectivity index (χ1n) is 6.66. The summed E-state index contributed by atoms with van der Waals surface area (Å²) in [5.41, 5.74) is -1.85. The van der Waals surface area contributed by atoms with E-state index in [0.717, 1.165) is 6.20 Å². The fourth-order valence-electron chi connectivity index (χ4n) is 1.77. The van der Waals surface area contributed by atoms with Crippen LogP contribution in [0.15, 0.2) is 24.4 Å². The molecule has 6 nitrogen and oxygen atoms in total. The Morgan fingerprint density at radius 1 is 1.32 bits per heavy atom. The summed E-state index contributed by atoms with van der Waals surface area (Å²) in [4.78, 5) is 18.9. The van der Waals surface area contributed by atoms with E-state index in [1.165, 1.54) is 25.3 Å². The van der Waals surface area contributed by atoms with Crippen LogP contribution in [-0.4, -0.2) is 29.7 Å². The molecule has 134 valence electrons. The first-order chi connectivity index (χ1) is 11.7. The highest BCUT2D eigenvalue weighted by Gasteiger charge is 2.38. The molecule has 25 heavy (non-hydrogen) atoms. The molecule has 0 aliphatic heterocycles. The van der Waals surface area contributed by atoms with Gasteiger partial charge >= 0.3 is 6.18 Å². The number of carbonyl (C=O) groups excluding carboxylic acids is 1. The third-order valence-corrected chi connectivity index (χ3v) is 3.40. The molecule has 1 aromatic carbocycles. The van der Waals surface area contributed by atoms with Crippen molar-refractivity contribution in [3.63, 3.8) is 0 Å². The Labute approximate surface area is 150 Å². The topological polar surface area (TPSA) is 76.1 Å². The molecule has 2 aromatic rings. The number of alkyl halides is 3. The number of anilines is 2. The van der Waals surface area contributed by atoms with Gasteiger partial charge in [0.1, 0.15) is 6.73 Å². The molecule has 0 radical (unpaired) electrons. The van der Waals surface area contributed by atoms with Gasteiger partial charge in [-0.05, 0) is 18.2 Å². The maximum atomic E-state index is 13.2. The number of hydrogen-bond acceptors (Lipinski definition) is 5. The van der Waals surface area contributed by atoms with Crippen molar-refractivity contribution >= 4 is 40.7 Å². The van der Waals surface area contributed by atoms with Gasteiger partial charge in [0, 0.05) is 18.3 Å². The average Bonchev–Trinajstić information content (AvgIpc) is 2.54. The predicted molar refractivity (Wildman–Crippen MR) is 86.1 cm³/mol. The van der Waals surface area contributed by atoms with E-state index >= 15 is 0 Å². The summed E-state index contributed by atoms with van der Waals surface area (Å²) in [6.07, 6.45) is -4.09. The lowest BCUT2D eigenvalue weighted by molar-refractivity contribution is -0.141. The summed E-state index contributed by atoms with van der Waals surface area (Å²) < 4.78 is 44.2. The number of nitrogens with one attached hydrogen (secondary N) is 2. The van der Waals surface area contributed by atoms with Crippen molar-refractivity contribution in [1.29, 1.82) is 0 Å². The molecule has 0 unspecified atom stereocenters. The fourth-order valence-corrected chi connectivity index (χ4v) is 2.22. The lowest BCUT2D eigenvalue weighted by atomic mass is 10.2. The number of aromatic nitrogens is 2. The normalized spacial score (nSPS) is 11.3. The third kappa shape index (κ3) is 4.94. The van der Waals surface area contributed by atoms with Gasteiger partial charge in [-0.15, -0.1) is 0 Å². The minimum atomic E-state index is -4.86. The van der Waals surface area contributed by atoms with Crippen molar-refractivity contribution in [3.8, 4) is 0 Å². The van der Waals surface area contributed by atoms with Gasteiger partial charge in [-0.2, -0.15) is 13.2 Å². The second kappa shape index (κ2) is 7.85. The third-order valence-electron chi connectivity index (χ3n) is 2.86. The summed E-state index contributed by atoms with van der Waals surface area (Å²) in [6, 6.07) is 4.36. The van der Waals surface area contributed by atoms with E-state index in [2.05, 4.69) is 25.3 Å². The molecule has 0 saturated carbocycles. The first-order valence-corrected chi connectivity index (χ1v) is 7.41. The summed E-state index contributed by atoms with van der Waals surface area (Å²) >= 11 is 11.7. The summed E-state index contributed by atoms with van der Waals surface area (Å²) in [5.74, 6) is -1.38. The van der Waals surface area contributed by atoms with E-state index < -0.39 is 23.3 Å². The van der Waals surface area contributed by atoms with Gasteiger partial charge in [0.25, 0.3) is 5.91 Å². The number of amides is 1. The van der Waals surface area contributed by atoms with E-state index in [0.29, 0.717) is 5.02 Å². The molecule has 1 heterocycles. The van der Waals surface area contributed by atoms with E-state index in [4.69, 9.17) is 23.2 Å². The standard InChI is InChI=1S/C14H11Cl2F3N4O2/c1-25-6-21-12(24)8-5-20-13(23-11(8)14(17,18)19)22-10-3-2-7(15)4-9(10)16/h2-5H,6H2,1H3,(H,21,24)(H,20,22,23). The van der Waals surface area contributed by atoms with Crippen molar-refractivity contribution in [2.24, 2.45) is 0 Å². The minimum Gasteiger partial charge on any atom is -0.364 e.